The number of ether oxygens (including phenoxy) is 1. The van der Waals surface area contributed by atoms with Crippen molar-refractivity contribution in [2.45, 2.75) is 12.8 Å². The van der Waals surface area contributed by atoms with Crippen molar-refractivity contribution in [1.82, 2.24) is 10.4 Å². The van der Waals surface area contributed by atoms with Gasteiger partial charge in [-0.2, -0.15) is 9.49 Å². The summed E-state index contributed by atoms with van der Waals surface area (Å²) in [5, 5.41) is 4.62. The molecule has 0 atom stereocenters. The average molecular weight is 370 g/mol. The van der Waals surface area contributed by atoms with Gasteiger partial charge in [0.2, 0.25) is 11.9 Å². The summed E-state index contributed by atoms with van der Waals surface area (Å²) < 4.78 is 18.7. The number of nitrogens with one attached hydrogen (secondary N) is 1. The first-order chi connectivity index (χ1) is 11.6. The van der Waals surface area contributed by atoms with Crippen molar-refractivity contribution in [3.63, 3.8) is 0 Å². The van der Waals surface area contributed by atoms with Gasteiger partial charge in [0.1, 0.15) is 5.75 Å². The van der Waals surface area contributed by atoms with Crippen molar-refractivity contribution in [3.8, 4) is 5.75 Å². The number of hydrazone groups is 1. The van der Waals surface area contributed by atoms with E-state index in [4.69, 9.17) is 27.9 Å². The highest BCUT2D eigenvalue weighted by molar-refractivity contribution is 6.35. The molecule has 5 nitrogen and oxygen atoms in total. The molecule has 0 saturated heterocycles. The van der Waals surface area contributed by atoms with Crippen LogP contribution in [0.5, 0.6) is 5.75 Å². The minimum absolute atomic E-state index is 0.193. The lowest BCUT2D eigenvalue weighted by molar-refractivity contribution is -0.121. The maximum absolute atomic E-state index is 13.2. The van der Waals surface area contributed by atoms with Gasteiger partial charge in [0.25, 0.3) is 0 Å². The Morgan fingerprint density at radius 3 is 2.96 bits per heavy atom. The molecule has 1 aromatic carbocycles. The van der Waals surface area contributed by atoms with Crippen molar-refractivity contribution in [2.75, 3.05) is 6.61 Å². The molecule has 1 N–H and O–H groups in total. The minimum Gasteiger partial charge on any atom is -0.492 e. The largest absolute Gasteiger partial charge is 0.492 e. The summed E-state index contributed by atoms with van der Waals surface area (Å²) in [4.78, 5) is 15.1. The molecule has 1 heterocycles. The highest BCUT2D eigenvalue weighted by Gasteiger charge is 2.04. The Kier molecular flexibility index (Phi) is 6.96. The van der Waals surface area contributed by atoms with Gasteiger partial charge in [-0.1, -0.05) is 23.2 Å². The van der Waals surface area contributed by atoms with Gasteiger partial charge >= 0.3 is 0 Å². The fourth-order valence-corrected chi connectivity index (χ4v) is 2.19. The lowest BCUT2D eigenvalue weighted by Gasteiger charge is -2.07. The fourth-order valence-electron chi connectivity index (χ4n) is 1.73. The first-order valence-electron chi connectivity index (χ1n) is 7.06. The molecule has 0 fully saturated rings. The summed E-state index contributed by atoms with van der Waals surface area (Å²) in [6.45, 7) is 0.315. The maximum atomic E-state index is 13.2. The number of nitrogens with zero attached hydrogens (tertiary/aromatic N) is 2. The van der Waals surface area contributed by atoms with Crippen LogP contribution in [0.1, 0.15) is 18.4 Å². The average Bonchev–Trinajstić information content (AvgIpc) is 2.55. The second-order valence-corrected chi connectivity index (χ2v) is 5.55. The number of halogens is 3. The first kappa shape index (κ1) is 18.2. The Hall–Kier alpha value is -2.18. The van der Waals surface area contributed by atoms with E-state index in [2.05, 4.69) is 15.5 Å². The van der Waals surface area contributed by atoms with Crippen LogP contribution in [0, 0.1) is 5.95 Å². The van der Waals surface area contributed by atoms with E-state index in [0.717, 1.165) is 0 Å². The number of rotatable bonds is 7. The molecule has 0 radical (unpaired) electrons. The van der Waals surface area contributed by atoms with Crippen LogP contribution in [0.4, 0.5) is 4.39 Å². The molecule has 126 valence electrons. The van der Waals surface area contributed by atoms with Gasteiger partial charge in [-0.25, -0.2) is 10.4 Å². The number of benzene rings is 1. The Morgan fingerprint density at radius 1 is 1.38 bits per heavy atom. The van der Waals surface area contributed by atoms with Crippen molar-refractivity contribution in [3.05, 3.63) is 58.1 Å². The van der Waals surface area contributed by atoms with Crippen LogP contribution in [0.3, 0.4) is 0 Å². The monoisotopic (exact) mass is 369 g/mol. The highest BCUT2D eigenvalue weighted by Crippen LogP contribution is 2.27. The molecular weight excluding hydrogens is 356 g/mol. The van der Waals surface area contributed by atoms with Gasteiger partial charge in [0, 0.05) is 23.2 Å². The van der Waals surface area contributed by atoms with E-state index >= 15 is 0 Å². The molecule has 1 aromatic heterocycles. The lowest BCUT2D eigenvalue weighted by Crippen LogP contribution is -2.18. The smallest absolute Gasteiger partial charge is 0.240 e. The summed E-state index contributed by atoms with van der Waals surface area (Å²) in [5.74, 6) is -0.448. The van der Waals surface area contributed by atoms with Gasteiger partial charge in [-0.05, 0) is 36.8 Å². The number of amides is 1. The molecule has 0 unspecified atom stereocenters. The van der Waals surface area contributed by atoms with Crippen molar-refractivity contribution < 1.29 is 13.9 Å². The second kappa shape index (κ2) is 9.20. The molecule has 0 aliphatic heterocycles. The zero-order chi connectivity index (χ0) is 17.4. The van der Waals surface area contributed by atoms with Crippen LogP contribution in [-0.2, 0) is 4.79 Å². The van der Waals surface area contributed by atoms with Crippen LogP contribution >= 0.6 is 23.2 Å². The molecule has 0 aliphatic carbocycles. The second-order valence-electron chi connectivity index (χ2n) is 4.70. The van der Waals surface area contributed by atoms with Crippen molar-refractivity contribution in [2.24, 2.45) is 5.10 Å². The van der Waals surface area contributed by atoms with Gasteiger partial charge in [0.15, 0.2) is 0 Å². The topological polar surface area (TPSA) is 63.6 Å². The molecular formula is C16H14Cl2FN3O2. The van der Waals surface area contributed by atoms with Gasteiger partial charge < -0.3 is 4.74 Å². The third-order valence-electron chi connectivity index (χ3n) is 2.88. The quantitative estimate of drug-likeness (QED) is 0.349. The standard InChI is InChI=1S/C16H14Cl2FN3O2/c17-12-5-6-14(13(18)9-12)24-8-2-4-15(23)22-21-10-11-3-1-7-20-16(11)19/h1,3,5-7,9-10H,2,4,8H2,(H,22,23)/b21-10+. The number of pyridine rings is 1. The molecule has 24 heavy (non-hydrogen) atoms. The number of carbonyl (C=O) groups is 1. The highest BCUT2D eigenvalue weighted by atomic mass is 35.5. The number of hydrogen-bond acceptors (Lipinski definition) is 4. The number of hydrogen-bond donors (Lipinski definition) is 1. The van der Waals surface area contributed by atoms with E-state index in [0.29, 0.717) is 28.8 Å². The van der Waals surface area contributed by atoms with Crippen LogP contribution < -0.4 is 10.2 Å². The Balaban J connectivity index is 1.69. The predicted molar refractivity (Wildman–Crippen MR) is 91.1 cm³/mol. The molecule has 0 saturated carbocycles. The van der Waals surface area contributed by atoms with E-state index in [1.807, 2.05) is 0 Å². The Morgan fingerprint density at radius 2 is 2.21 bits per heavy atom. The molecule has 2 rings (SSSR count). The zero-order valence-electron chi connectivity index (χ0n) is 12.5. The fraction of sp³-hybridized carbons (Fsp3) is 0.188. The molecule has 1 amide bonds. The molecule has 2 aromatic rings. The van der Waals surface area contributed by atoms with Crippen molar-refractivity contribution >= 4 is 35.3 Å². The number of carbonyl (C=O) groups excluding carboxylic acids is 1. The summed E-state index contributed by atoms with van der Waals surface area (Å²) in [5.41, 5.74) is 2.51. The Labute approximate surface area is 148 Å². The molecule has 0 spiro atoms. The van der Waals surface area contributed by atoms with E-state index in [9.17, 15) is 9.18 Å². The zero-order valence-corrected chi connectivity index (χ0v) is 14.0. The van der Waals surface area contributed by atoms with Crippen LogP contribution in [-0.4, -0.2) is 23.7 Å². The third kappa shape index (κ3) is 5.79. The minimum atomic E-state index is -0.649. The third-order valence-corrected chi connectivity index (χ3v) is 3.41. The Bertz CT molecular complexity index is 741. The molecule has 8 heteroatoms. The van der Waals surface area contributed by atoms with E-state index in [-0.39, 0.29) is 17.9 Å². The predicted octanol–water partition coefficient (Wildman–Crippen LogP) is 3.84. The molecule has 0 aliphatic rings. The summed E-state index contributed by atoms with van der Waals surface area (Å²) in [6.07, 6.45) is 3.21. The normalized spacial score (nSPS) is 10.8. The van der Waals surface area contributed by atoms with Crippen LogP contribution in [0.25, 0.3) is 0 Å². The molecule has 0 bridgehead atoms. The van der Waals surface area contributed by atoms with Gasteiger partial charge in [-0.3, -0.25) is 4.79 Å². The summed E-state index contributed by atoms with van der Waals surface area (Å²) in [6, 6.07) is 7.99. The first-order valence-corrected chi connectivity index (χ1v) is 7.82. The van der Waals surface area contributed by atoms with Gasteiger partial charge in [0.05, 0.1) is 17.8 Å². The lowest BCUT2D eigenvalue weighted by atomic mass is 10.3. The summed E-state index contributed by atoms with van der Waals surface area (Å²) in [7, 11) is 0. The van der Waals surface area contributed by atoms with Crippen molar-refractivity contribution in [1.29, 1.82) is 0 Å². The maximum Gasteiger partial charge on any atom is 0.240 e. The van der Waals surface area contributed by atoms with E-state index in [1.54, 1.807) is 24.3 Å². The summed E-state index contributed by atoms with van der Waals surface area (Å²) >= 11 is 11.8. The van der Waals surface area contributed by atoms with E-state index in [1.165, 1.54) is 18.5 Å². The SMILES string of the molecule is O=C(CCCOc1ccc(Cl)cc1Cl)N/N=C/c1cccnc1F. The van der Waals surface area contributed by atoms with E-state index < -0.39 is 5.95 Å². The van der Waals surface area contributed by atoms with Crippen LogP contribution in [0.2, 0.25) is 10.0 Å². The number of aromatic nitrogens is 1. The van der Waals surface area contributed by atoms with Crippen LogP contribution in [0.15, 0.2) is 41.6 Å². The van der Waals surface area contributed by atoms with Gasteiger partial charge in [-0.15, -0.1) is 0 Å².